The number of ether oxygens (including phenoxy) is 1. The van der Waals surface area contributed by atoms with Gasteiger partial charge >= 0.3 is 6.09 Å². The maximum absolute atomic E-state index is 12.7. The van der Waals surface area contributed by atoms with E-state index in [9.17, 15) is 9.59 Å². The summed E-state index contributed by atoms with van der Waals surface area (Å²) in [5, 5.41) is 3.80. The lowest BCUT2D eigenvalue weighted by Gasteiger charge is -2.35. The molecule has 0 radical (unpaired) electrons. The molecule has 5 nitrogen and oxygen atoms in total. The van der Waals surface area contributed by atoms with Gasteiger partial charge in [0.2, 0.25) is 5.91 Å². The Hall–Kier alpha value is -2.56. The fraction of sp³-hybridized carbons (Fsp3) is 0.400. The molecule has 132 valence electrons. The number of allylic oxidation sites excluding steroid dienone is 1. The Morgan fingerprint density at radius 2 is 2.20 bits per heavy atom. The minimum absolute atomic E-state index is 0.129. The molecule has 0 spiro atoms. The van der Waals surface area contributed by atoms with Crippen LogP contribution >= 0.6 is 0 Å². The number of benzene rings is 1. The molecule has 1 aromatic heterocycles. The van der Waals surface area contributed by atoms with Gasteiger partial charge in [-0.1, -0.05) is 31.2 Å². The zero-order chi connectivity index (χ0) is 18.0. The van der Waals surface area contributed by atoms with E-state index in [4.69, 9.17) is 0 Å². The summed E-state index contributed by atoms with van der Waals surface area (Å²) in [5.41, 5.74) is 2.87. The van der Waals surface area contributed by atoms with Crippen molar-refractivity contribution in [3.8, 4) is 0 Å². The van der Waals surface area contributed by atoms with Crippen molar-refractivity contribution in [2.24, 2.45) is 0 Å². The van der Waals surface area contributed by atoms with E-state index < -0.39 is 6.09 Å². The van der Waals surface area contributed by atoms with Crippen molar-refractivity contribution in [3.63, 3.8) is 0 Å². The van der Waals surface area contributed by atoms with Crippen LogP contribution in [0.2, 0.25) is 0 Å². The van der Waals surface area contributed by atoms with E-state index in [1.165, 1.54) is 7.11 Å². The summed E-state index contributed by atoms with van der Waals surface area (Å²) in [7, 11) is 1.35. The molecular weight excluding hydrogens is 316 g/mol. The number of amides is 1. The smallest absolute Gasteiger partial charge is 0.406 e. The summed E-state index contributed by atoms with van der Waals surface area (Å²) in [4.78, 5) is 24.1. The van der Waals surface area contributed by atoms with E-state index in [0.29, 0.717) is 19.4 Å². The lowest BCUT2D eigenvalue weighted by Crippen LogP contribution is -2.36. The summed E-state index contributed by atoms with van der Waals surface area (Å²) in [6.07, 6.45) is 4.36. The number of carbonyl (C=O) groups excluding carboxylic acids is 2. The average molecular weight is 340 g/mol. The number of aromatic nitrogens is 1. The van der Waals surface area contributed by atoms with Crippen LogP contribution in [0, 0.1) is 0 Å². The summed E-state index contributed by atoms with van der Waals surface area (Å²) >= 11 is 0. The standard InChI is InChI=1S/C20H24N2O3/c1-4-20(5-2)12-10-17(23)22-16-9-7-6-8-14(16)15(18(20)22)11-13-21-19(24)25-3/h4,6-9H,1,5,10-13H2,2-3H3,(H,21,24). The van der Waals surface area contributed by atoms with Gasteiger partial charge in [-0.2, -0.15) is 0 Å². The molecule has 0 saturated carbocycles. The summed E-state index contributed by atoms with van der Waals surface area (Å²) < 4.78 is 6.52. The normalized spacial score (nSPS) is 19.5. The van der Waals surface area contributed by atoms with Crippen molar-refractivity contribution in [2.75, 3.05) is 13.7 Å². The Balaban J connectivity index is 2.16. The van der Waals surface area contributed by atoms with E-state index in [1.54, 1.807) is 0 Å². The number of nitrogens with zero attached hydrogens (tertiary/aromatic N) is 1. The molecule has 0 bridgehead atoms. The zero-order valence-corrected chi connectivity index (χ0v) is 14.8. The number of fused-ring (bicyclic) bond motifs is 3. The van der Waals surface area contributed by atoms with Crippen molar-refractivity contribution in [1.82, 2.24) is 9.88 Å². The van der Waals surface area contributed by atoms with E-state index in [1.807, 2.05) is 34.9 Å². The maximum atomic E-state index is 12.7. The van der Waals surface area contributed by atoms with E-state index in [2.05, 4.69) is 23.6 Å². The highest BCUT2D eigenvalue weighted by atomic mass is 16.5. The Bertz CT molecular complexity index is 837. The molecule has 2 aromatic rings. The minimum atomic E-state index is -0.445. The topological polar surface area (TPSA) is 60.3 Å². The number of para-hydroxylation sites is 1. The Morgan fingerprint density at radius 1 is 1.44 bits per heavy atom. The number of hydrogen-bond donors (Lipinski definition) is 1. The van der Waals surface area contributed by atoms with Gasteiger partial charge in [0.15, 0.2) is 0 Å². The highest BCUT2D eigenvalue weighted by molar-refractivity contribution is 5.97. The number of hydrogen-bond acceptors (Lipinski definition) is 3. The molecule has 5 heteroatoms. The van der Waals surface area contributed by atoms with Gasteiger partial charge in [-0.25, -0.2) is 4.79 Å². The molecule has 1 unspecified atom stereocenters. The predicted molar refractivity (Wildman–Crippen MR) is 98.1 cm³/mol. The third-order valence-corrected chi connectivity index (χ3v) is 5.34. The Morgan fingerprint density at radius 3 is 2.88 bits per heavy atom. The Kier molecular flexibility index (Phi) is 4.66. The van der Waals surface area contributed by atoms with Gasteiger partial charge in [0.05, 0.1) is 12.6 Å². The highest BCUT2D eigenvalue weighted by Crippen LogP contribution is 2.44. The second-order valence-corrected chi connectivity index (χ2v) is 6.46. The van der Waals surface area contributed by atoms with Gasteiger partial charge in [0.25, 0.3) is 0 Å². The lowest BCUT2D eigenvalue weighted by molar-refractivity contribution is 0.0866. The fourth-order valence-electron chi connectivity index (χ4n) is 3.95. The van der Waals surface area contributed by atoms with E-state index in [0.717, 1.165) is 35.0 Å². The van der Waals surface area contributed by atoms with Gasteiger partial charge in [0, 0.05) is 29.5 Å². The summed E-state index contributed by atoms with van der Waals surface area (Å²) in [5.74, 6) is 0.129. The molecule has 1 aromatic carbocycles. The van der Waals surface area contributed by atoms with Gasteiger partial charge < -0.3 is 10.1 Å². The van der Waals surface area contributed by atoms with Gasteiger partial charge in [-0.15, -0.1) is 6.58 Å². The molecule has 3 rings (SSSR count). The molecule has 1 amide bonds. The van der Waals surface area contributed by atoms with Crippen molar-refractivity contribution in [2.45, 2.75) is 38.0 Å². The molecule has 2 heterocycles. The lowest BCUT2D eigenvalue weighted by atomic mass is 9.74. The van der Waals surface area contributed by atoms with Crippen molar-refractivity contribution >= 4 is 22.9 Å². The highest BCUT2D eigenvalue weighted by Gasteiger charge is 2.39. The monoisotopic (exact) mass is 340 g/mol. The number of methoxy groups -OCH3 is 1. The van der Waals surface area contributed by atoms with Crippen molar-refractivity contribution < 1.29 is 14.3 Å². The van der Waals surface area contributed by atoms with E-state index in [-0.39, 0.29) is 11.3 Å². The first-order chi connectivity index (χ1) is 12.1. The SMILES string of the molecule is C=CC1(CC)CCC(=O)n2c1c(CCNC(=O)OC)c1ccccc12. The van der Waals surface area contributed by atoms with Crippen LogP contribution in [-0.4, -0.2) is 30.2 Å². The summed E-state index contributed by atoms with van der Waals surface area (Å²) in [6, 6.07) is 7.97. The molecule has 0 fully saturated rings. The first kappa shape index (κ1) is 17.3. The average Bonchev–Trinajstić information content (AvgIpc) is 2.99. The van der Waals surface area contributed by atoms with Crippen LogP contribution in [-0.2, 0) is 16.6 Å². The second-order valence-electron chi connectivity index (χ2n) is 6.46. The quantitative estimate of drug-likeness (QED) is 0.842. The molecule has 1 aliphatic heterocycles. The predicted octanol–water partition coefficient (Wildman–Crippen LogP) is 3.81. The van der Waals surface area contributed by atoms with Crippen LogP contribution < -0.4 is 5.32 Å². The van der Waals surface area contributed by atoms with Gasteiger partial charge in [-0.3, -0.25) is 9.36 Å². The molecule has 1 N–H and O–H groups in total. The second kappa shape index (κ2) is 6.75. The zero-order valence-electron chi connectivity index (χ0n) is 14.8. The summed E-state index contributed by atoms with van der Waals surface area (Å²) in [6.45, 7) is 6.66. The maximum Gasteiger partial charge on any atom is 0.406 e. The van der Waals surface area contributed by atoms with Gasteiger partial charge in [-0.05, 0) is 30.9 Å². The van der Waals surface area contributed by atoms with Crippen LogP contribution in [0.3, 0.4) is 0 Å². The molecule has 25 heavy (non-hydrogen) atoms. The third kappa shape index (κ3) is 2.73. The number of carbonyl (C=O) groups is 2. The minimum Gasteiger partial charge on any atom is -0.453 e. The van der Waals surface area contributed by atoms with Crippen LogP contribution in [0.4, 0.5) is 4.79 Å². The number of alkyl carbamates (subject to hydrolysis) is 1. The largest absolute Gasteiger partial charge is 0.453 e. The molecular formula is C20H24N2O3. The number of rotatable bonds is 5. The van der Waals surface area contributed by atoms with E-state index >= 15 is 0 Å². The van der Waals surface area contributed by atoms with Crippen LogP contribution in [0.1, 0.15) is 42.2 Å². The number of nitrogens with one attached hydrogen (secondary N) is 1. The first-order valence-corrected chi connectivity index (χ1v) is 8.69. The first-order valence-electron chi connectivity index (χ1n) is 8.69. The molecule has 0 aliphatic carbocycles. The molecule has 0 saturated heterocycles. The molecule has 1 aliphatic rings. The molecule has 1 atom stereocenters. The van der Waals surface area contributed by atoms with Crippen LogP contribution in [0.5, 0.6) is 0 Å². The van der Waals surface area contributed by atoms with Crippen molar-refractivity contribution in [3.05, 3.63) is 48.2 Å². The Labute approximate surface area is 147 Å². The third-order valence-electron chi connectivity index (χ3n) is 5.34. The van der Waals surface area contributed by atoms with Crippen LogP contribution in [0.15, 0.2) is 36.9 Å². The van der Waals surface area contributed by atoms with Crippen LogP contribution in [0.25, 0.3) is 10.9 Å². The van der Waals surface area contributed by atoms with Gasteiger partial charge in [0.1, 0.15) is 0 Å². The fourth-order valence-corrected chi connectivity index (χ4v) is 3.95. The van der Waals surface area contributed by atoms with Crippen molar-refractivity contribution in [1.29, 1.82) is 0 Å².